The molecule has 1 heterocycles. The number of carboxylic acid groups (broad SMARTS) is 1. The lowest BCUT2D eigenvalue weighted by atomic mass is 9.98. The maximum Gasteiger partial charge on any atom is 0.345 e. The summed E-state index contributed by atoms with van der Waals surface area (Å²) in [6, 6.07) is 19.5. The van der Waals surface area contributed by atoms with E-state index in [9.17, 15) is 14.7 Å². The highest BCUT2D eigenvalue weighted by atomic mass is 35.5. The summed E-state index contributed by atoms with van der Waals surface area (Å²) in [5, 5.41) is 14.1. The second-order valence-electron chi connectivity index (χ2n) is 11.4. The van der Waals surface area contributed by atoms with E-state index in [0.717, 1.165) is 33.3 Å². The fourth-order valence-electron chi connectivity index (χ4n) is 5.07. The van der Waals surface area contributed by atoms with Gasteiger partial charge in [-0.3, -0.25) is 4.79 Å². The highest BCUT2D eigenvalue weighted by Gasteiger charge is 2.25. The zero-order chi connectivity index (χ0) is 30.0. The molecule has 0 aliphatic carbocycles. The second kappa shape index (κ2) is 12.4. The van der Waals surface area contributed by atoms with Crippen LogP contribution in [0.4, 0.5) is 0 Å². The van der Waals surface area contributed by atoms with Crippen LogP contribution in [-0.2, 0) is 11.3 Å². The van der Waals surface area contributed by atoms with Crippen LogP contribution in [-0.4, -0.2) is 27.7 Å². The molecule has 0 saturated heterocycles. The van der Waals surface area contributed by atoms with E-state index in [2.05, 4.69) is 49.7 Å². The molecular weight excluding hydrogens is 536 g/mol. The molecule has 0 aliphatic heterocycles. The van der Waals surface area contributed by atoms with E-state index in [-0.39, 0.29) is 17.9 Å². The van der Waals surface area contributed by atoms with Crippen LogP contribution >= 0.6 is 11.6 Å². The van der Waals surface area contributed by atoms with Crippen LogP contribution in [0.25, 0.3) is 10.9 Å². The number of amides is 1. The lowest BCUT2D eigenvalue weighted by Crippen LogP contribution is -2.32. The molecule has 0 spiro atoms. The van der Waals surface area contributed by atoms with Gasteiger partial charge >= 0.3 is 5.97 Å². The topological polar surface area (TPSA) is 80.6 Å². The van der Waals surface area contributed by atoms with Gasteiger partial charge in [0.2, 0.25) is 0 Å². The van der Waals surface area contributed by atoms with Gasteiger partial charge in [0.1, 0.15) is 5.75 Å². The molecule has 0 unspecified atom stereocenters. The van der Waals surface area contributed by atoms with E-state index >= 15 is 0 Å². The van der Waals surface area contributed by atoms with Gasteiger partial charge in [-0.1, -0.05) is 69.6 Å². The van der Waals surface area contributed by atoms with Gasteiger partial charge in [0.25, 0.3) is 5.91 Å². The van der Waals surface area contributed by atoms with Crippen molar-refractivity contribution in [1.82, 2.24) is 9.88 Å². The van der Waals surface area contributed by atoms with Crippen LogP contribution in [0.3, 0.4) is 0 Å². The maximum atomic E-state index is 13.3. The van der Waals surface area contributed by atoms with Crippen molar-refractivity contribution in [3.8, 4) is 5.75 Å². The van der Waals surface area contributed by atoms with Crippen molar-refractivity contribution < 1.29 is 19.4 Å². The fourth-order valence-corrected chi connectivity index (χ4v) is 5.24. The van der Waals surface area contributed by atoms with Crippen molar-refractivity contribution in [1.29, 1.82) is 0 Å². The van der Waals surface area contributed by atoms with Crippen molar-refractivity contribution in [3.63, 3.8) is 0 Å². The fraction of sp³-hybridized carbons (Fsp3) is 0.353. The van der Waals surface area contributed by atoms with E-state index in [1.54, 1.807) is 26.0 Å². The van der Waals surface area contributed by atoms with E-state index in [1.165, 1.54) is 5.56 Å². The van der Waals surface area contributed by atoms with Crippen molar-refractivity contribution in [2.75, 3.05) is 0 Å². The number of aliphatic carboxylic acids is 1. The molecular formula is C34H39ClN2O4. The van der Waals surface area contributed by atoms with Gasteiger partial charge in [-0.05, 0) is 79.3 Å². The number of fused-ring (bicyclic) bond motifs is 1. The van der Waals surface area contributed by atoms with Crippen LogP contribution in [0, 0.1) is 19.8 Å². The third-order valence-corrected chi connectivity index (χ3v) is 8.08. The first-order valence-electron chi connectivity index (χ1n) is 14.0. The van der Waals surface area contributed by atoms with Crippen molar-refractivity contribution in [2.24, 2.45) is 5.92 Å². The SMILES string of the molecule is Cc1c(C)n(Cc2ccc(Cl)c(O[C@H](C(=O)O)C(C)C)c2)c2ccc(C(=O)N[C@@H](C)c3cccc(C(C)C)c3)cc12. The van der Waals surface area contributed by atoms with Gasteiger partial charge in [-0.25, -0.2) is 4.79 Å². The normalized spacial score (nSPS) is 13.0. The van der Waals surface area contributed by atoms with Crippen LogP contribution in [0.1, 0.15) is 84.9 Å². The summed E-state index contributed by atoms with van der Waals surface area (Å²) in [5.74, 6) is -0.586. The molecule has 2 atom stereocenters. The van der Waals surface area contributed by atoms with Gasteiger partial charge in [0.15, 0.2) is 6.10 Å². The smallest absolute Gasteiger partial charge is 0.345 e. The highest BCUT2D eigenvalue weighted by Crippen LogP contribution is 2.31. The van der Waals surface area contributed by atoms with Crippen LogP contribution < -0.4 is 10.1 Å². The molecule has 1 aromatic heterocycles. The summed E-state index contributed by atoms with van der Waals surface area (Å²) in [5.41, 5.74) is 7.06. The second-order valence-corrected chi connectivity index (χ2v) is 11.8. The number of benzene rings is 3. The number of rotatable bonds is 10. The van der Waals surface area contributed by atoms with Crippen LogP contribution in [0.15, 0.2) is 60.7 Å². The predicted molar refractivity (Wildman–Crippen MR) is 165 cm³/mol. The maximum absolute atomic E-state index is 13.3. The zero-order valence-corrected chi connectivity index (χ0v) is 25.5. The van der Waals surface area contributed by atoms with Crippen molar-refractivity contribution >= 4 is 34.4 Å². The molecule has 0 fully saturated rings. The van der Waals surface area contributed by atoms with Gasteiger partial charge in [0.05, 0.1) is 11.1 Å². The Bertz CT molecular complexity index is 1590. The number of carboxylic acids is 1. The Morgan fingerprint density at radius 1 is 0.951 bits per heavy atom. The molecule has 41 heavy (non-hydrogen) atoms. The summed E-state index contributed by atoms with van der Waals surface area (Å²) in [6.07, 6.45) is -0.995. The number of hydrogen-bond donors (Lipinski definition) is 2. The van der Waals surface area contributed by atoms with Gasteiger partial charge < -0.3 is 19.7 Å². The van der Waals surface area contributed by atoms with E-state index in [4.69, 9.17) is 16.3 Å². The summed E-state index contributed by atoms with van der Waals surface area (Å²) in [7, 11) is 0. The molecule has 6 nitrogen and oxygen atoms in total. The average Bonchev–Trinajstić information content (AvgIpc) is 3.16. The molecule has 0 saturated carbocycles. The molecule has 1 amide bonds. The summed E-state index contributed by atoms with van der Waals surface area (Å²) in [6.45, 7) is 14.6. The Balaban J connectivity index is 1.58. The molecule has 216 valence electrons. The molecule has 4 aromatic rings. The lowest BCUT2D eigenvalue weighted by Gasteiger charge is -2.20. The Hall–Kier alpha value is -3.77. The quantitative estimate of drug-likeness (QED) is 0.201. The lowest BCUT2D eigenvalue weighted by molar-refractivity contribution is -0.147. The highest BCUT2D eigenvalue weighted by molar-refractivity contribution is 6.32. The number of ether oxygens (including phenoxy) is 1. The minimum Gasteiger partial charge on any atom is -0.478 e. The monoisotopic (exact) mass is 574 g/mol. The van der Waals surface area contributed by atoms with E-state index in [0.29, 0.717) is 28.8 Å². The first-order valence-corrected chi connectivity index (χ1v) is 14.4. The Morgan fingerprint density at radius 2 is 1.66 bits per heavy atom. The van der Waals surface area contributed by atoms with E-state index in [1.807, 2.05) is 43.3 Å². The first kappa shape index (κ1) is 30.2. The van der Waals surface area contributed by atoms with Crippen LogP contribution in [0.5, 0.6) is 5.75 Å². The third-order valence-electron chi connectivity index (χ3n) is 7.77. The largest absolute Gasteiger partial charge is 0.478 e. The summed E-state index contributed by atoms with van der Waals surface area (Å²) in [4.78, 5) is 24.9. The number of carbonyl (C=O) groups excluding carboxylic acids is 1. The number of nitrogens with zero attached hydrogens (tertiary/aromatic N) is 1. The summed E-state index contributed by atoms with van der Waals surface area (Å²) >= 11 is 6.36. The Kier molecular flexibility index (Phi) is 9.13. The predicted octanol–water partition coefficient (Wildman–Crippen LogP) is 8.06. The Morgan fingerprint density at radius 3 is 2.32 bits per heavy atom. The zero-order valence-electron chi connectivity index (χ0n) is 24.8. The Labute approximate surface area is 247 Å². The van der Waals surface area contributed by atoms with Crippen molar-refractivity contribution in [2.45, 2.75) is 73.1 Å². The third kappa shape index (κ3) is 6.59. The van der Waals surface area contributed by atoms with E-state index < -0.39 is 12.1 Å². The minimum atomic E-state index is -1.03. The molecule has 7 heteroatoms. The average molecular weight is 575 g/mol. The molecule has 4 rings (SSSR count). The number of hydrogen-bond acceptors (Lipinski definition) is 3. The molecule has 3 aromatic carbocycles. The van der Waals surface area contributed by atoms with Crippen molar-refractivity contribution in [3.05, 3.63) is 99.2 Å². The standard InChI is InChI=1S/C34H39ClN2O4/c1-19(2)25-9-8-10-26(16-25)22(6)36-33(38)27-12-14-30-28(17-27)21(5)23(7)37(30)18-24-11-13-29(35)31(15-24)41-32(20(3)4)34(39)40/h8-17,19-20,22,32H,18H2,1-7H3,(H,36,38)(H,39,40)/t22-,32-/m0/s1. The van der Waals surface area contributed by atoms with Gasteiger partial charge in [-0.15, -0.1) is 0 Å². The molecule has 0 bridgehead atoms. The summed E-state index contributed by atoms with van der Waals surface area (Å²) < 4.78 is 8.00. The number of aromatic nitrogens is 1. The molecule has 2 N–H and O–H groups in total. The number of aryl methyl sites for hydroxylation is 1. The number of carbonyl (C=O) groups is 2. The van der Waals surface area contributed by atoms with Crippen LogP contribution in [0.2, 0.25) is 5.02 Å². The minimum absolute atomic E-state index is 0.114. The molecule has 0 aliphatic rings. The molecule has 0 radical (unpaired) electrons. The van der Waals surface area contributed by atoms with Gasteiger partial charge in [0, 0.05) is 34.6 Å². The number of halogens is 1. The van der Waals surface area contributed by atoms with Gasteiger partial charge in [-0.2, -0.15) is 0 Å². The first-order chi connectivity index (χ1) is 19.4. The number of nitrogens with one attached hydrogen (secondary N) is 1.